The zero-order valence-corrected chi connectivity index (χ0v) is 7.78. The molecule has 0 radical (unpaired) electrons. The van der Waals surface area contributed by atoms with Crippen molar-refractivity contribution in [1.29, 1.82) is 0 Å². The molecule has 0 heterocycles. The maximum absolute atomic E-state index is 12.6. The van der Waals surface area contributed by atoms with Gasteiger partial charge >= 0.3 is 0 Å². The monoisotopic (exact) mass is 283 g/mol. The predicted octanol–water partition coefficient (Wildman–Crippen LogP) is 2.04. The Labute approximate surface area is 80.3 Å². The number of rotatable bonds is 1. The number of nitro benzene ring substituents is 1. The molecular formula is C6H3FINO3. The Bertz CT molecular complexity index is 319. The van der Waals surface area contributed by atoms with Gasteiger partial charge in [0.2, 0.25) is 0 Å². The fraction of sp³-hybridized carbons (Fsp3) is 0. The molecule has 1 N–H and O–H groups in total. The number of aromatic hydroxyl groups is 1. The van der Waals surface area contributed by atoms with Crippen molar-refractivity contribution in [3.63, 3.8) is 0 Å². The zero-order chi connectivity index (χ0) is 9.30. The number of halogens is 2. The van der Waals surface area contributed by atoms with Crippen LogP contribution in [0.25, 0.3) is 0 Å². The van der Waals surface area contributed by atoms with Crippen molar-refractivity contribution >= 4 is 28.3 Å². The van der Waals surface area contributed by atoms with Gasteiger partial charge in [0, 0.05) is 6.07 Å². The van der Waals surface area contributed by atoms with E-state index in [1.165, 1.54) is 0 Å². The average molecular weight is 283 g/mol. The molecule has 0 aliphatic carbocycles. The molecule has 4 nitrogen and oxygen atoms in total. The van der Waals surface area contributed by atoms with Gasteiger partial charge in [-0.15, -0.1) is 0 Å². The van der Waals surface area contributed by atoms with Gasteiger partial charge in [-0.2, -0.15) is 0 Å². The van der Waals surface area contributed by atoms with E-state index in [0.717, 1.165) is 6.07 Å². The molecule has 1 aromatic carbocycles. The van der Waals surface area contributed by atoms with Gasteiger partial charge in [-0.3, -0.25) is 10.1 Å². The van der Waals surface area contributed by atoms with Gasteiger partial charge in [-0.1, -0.05) is 0 Å². The molecule has 0 saturated heterocycles. The summed E-state index contributed by atoms with van der Waals surface area (Å²) in [4.78, 5) is 9.45. The molecule has 1 rings (SSSR count). The molecule has 1 aromatic rings. The van der Waals surface area contributed by atoms with Gasteiger partial charge in [0.1, 0.15) is 0 Å². The summed E-state index contributed by atoms with van der Waals surface area (Å²) in [6.07, 6.45) is 0. The third-order valence-corrected chi connectivity index (χ3v) is 2.03. The third kappa shape index (κ3) is 1.63. The number of phenols is 1. The molecule has 0 aliphatic rings. The van der Waals surface area contributed by atoms with Crippen LogP contribution in [0.5, 0.6) is 5.75 Å². The lowest BCUT2D eigenvalue weighted by Crippen LogP contribution is -1.90. The first-order chi connectivity index (χ1) is 5.52. The van der Waals surface area contributed by atoms with Crippen molar-refractivity contribution in [2.45, 2.75) is 0 Å². The summed E-state index contributed by atoms with van der Waals surface area (Å²) in [6, 6.07) is 1.77. The van der Waals surface area contributed by atoms with E-state index >= 15 is 0 Å². The van der Waals surface area contributed by atoms with Gasteiger partial charge in [0.15, 0.2) is 11.6 Å². The van der Waals surface area contributed by atoms with Crippen molar-refractivity contribution in [3.8, 4) is 5.75 Å². The number of hydrogen-bond acceptors (Lipinski definition) is 3. The molecular weight excluding hydrogens is 280 g/mol. The Balaban J connectivity index is 3.31. The van der Waals surface area contributed by atoms with Crippen molar-refractivity contribution < 1.29 is 14.4 Å². The van der Waals surface area contributed by atoms with Gasteiger partial charge in [0.25, 0.3) is 5.69 Å². The van der Waals surface area contributed by atoms with Crippen LogP contribution in [0.4, 0.5) is 10.1 Å². The molecule has 64 valence electrons. The molecule has 0 unspecified atom stereocenters. The minimum atomic E-state index is -0.978. The summed E-state index contributed by atoms with van der Waals surface area (Å²) < 4.78 is 12.8. The van der Waals surface area contributed by atoms with E-state index in [1.807, 2.05) is 0 Å². The fourth-order valence-corrected chi connectivity index (χ4v) is 1.23. The normalized spacial score (nSPS) is 9.83. The second kappa shape index (κ2) is 3.21. The lowest BCUT2D eigenvalue weighted by Gasteiger charge is -1.97. The van der Waals surface area contributed by atoms with E-state index in [2.05, 4.69) is 0 Å². The summed E-state index contributed by atoms with van der Waals surface area (Å²) in [7, 11) is 0. The Morgan fingerprint density at radius 3 is 2.58 bits per heavy atom. The van der Waals surface area contributed by atoms with Crippen LogP contribution in [0.2, 0.25) is 0 Å². The standard InChI is InChI=1S/C6H3FINO3/c7-4-1-3(9(11)12)2-5(8)6(4)10/h1-2,10H. The third-order valence-electron chi connectivity index (χ3n) is 1.21. The number of hydrogen-bond donors (Lipinski definition) is 1. The summed E-state index contributed by atoms with van der Waals surface area (Å²) in [5.74, 6) is -1.53. The van der Waals surface area contributed by atoms with E-state index in [-0.39, 0.29) is 9.26 Å². The summed E-state index contributed by atoms with van der Waals surface area (Å²) in [5, 5.41) is 19.1. The van der Waals surface area contributed by atoms with Crippen LogP contribution in [0.1, 0.15) is 0 Å². The topological polar surface area (TPSA) is 63.4 Å². The van der Waals surface area contributed by atoms with Crippen LogP contribution in [0.3, 0.4) is 0 Å². The number of benzene rings is 1. The number of nitrogens with zero attached hydrogens (tertiary/aromatic N) is 1. The van der Waals surface area contributed by atoms with Crippen LogP contribution >= 0.6 is 22.6 Å². The van der Waals surface area contributed by atoms with Gasteiger partial charge in [-0.25, -0.2) is 4.39 Å². The molecule has 0 aromatic heterocycles. The Morgan fingerprint density at radius 1 is 1.58 bits per heavy atom. The van der Waals surface area contributed by atoms with Gasteiger partial charge < -0.3 is 5.11 Å². The predicted molar refractivity (Wildman–Crippen MR) is 47.4 cm³/mol. The zero-order valence-electron chi connectivity index (χ0n) is 5.62. The van der Waals surface area contributed by atoms with Crippen molar-refractivity contribution in [3.05, 3.63) is 31.6 Å². The van der Waals surface area contributed by atoms with E-state index in [0.29, 0.717) is 6.07 Å². The number of nitro groups is 1. The highest BCUT2D eigenvalue weighted by Gasteiger charge is 2.13. The molecule has 12 heavy (non-hydrogen) atoms. The largest absolute Gasteiger partial charge is 0.504 e. The lowest BCUT2D eigenvalue weighted by atomic mass is 10.3. The van der Waals surface area contributed by atoms with E-state index in [9.17, 15) is 14.5 Å². The first-order valence-corrected chi connectivity index (χ1v) is 3.92. The Kier molecular flexibility index (Phi) is 2.46. The highest BCUT2D eigenvalue weighted by atomic mass is 127. The van der Waals surface area contributed by atoms with Crippen LogP contribution in [0, 0.1) is 19.5 Å². The second-order valence-corrected chi connectivity index (χ2v) is 3.18. The van der Waals surface area contributed by atoms with Crippen LogP contribution in [0.15, 0.2) is 12.1 Å². The maximum Gasteiger partial charge on any atom is 0.273 e. The summed E-state index contributed by atoms with van der Waals surface area (Å²) in [6.45, 7) is 0. The molecule has 0 fully saturated rings. The lowest BCUT2D eigenvalue weighted by molar-refractivity contribution is -0.385. The molecule has 6 heteroatoms. The highest BCUT2D eigenvalue weighted by molar-refractivity contribution is 14.1. The van der Waals surface area contributed by atoms with Crippen LogP contribution in [-0.4, -0.2) is 10.0 Å². The van der Waals surface area contributed by atoms with Crippen molar-refractivity contribution in [2.75, 3.05) is 0 Å². The Morgan fingerprint density at radius 2 is 2.17 bits per heavy atom. The van der Waals surface area contributed by atoms with E-state index in [4.69, 9.17) is 5.11 Å². The minimum absolute atomic E-state index is 0.124. The molecule has 0 atom stereocenters. The molecule has 0 saturated carbocycles. The number of non-ortho nitro benzene ring substituents is 1. The van der Waals surface area contributed by atoms with Crippen molar-refractivity contribution in [1.82, 2.24) is 0 Å². The minimum Gasteiger partial charge on any atom is -0.504 e. The van der Waals surface area contributed by atoms with Crippen LogP contribution in [-0.2, 0) is 0 Å². The summed E-state index contributed by atoms with van der Waals surface area (Å²) >= 11 is 1.61. The smallest absolute Gasteiger partial charge is 0.273 e. The Hall–Kier alpha value is -0.920. The van der Waals surface area contributed by atoms with Gasteiger partial charge in [0.05, 0.1) is 14.6 Å². The first-order valence-electron chi connectivity index (χ1n) is 2.85. The second-order valence-electron chi connectivity index (χ2n) is 2.02. The summed E-state index contributed by atoms with van der Waals surface area (Å²) in [5.41, 5.74) is -0.366. The first kappa shape index (κ1) is 9.17. The van der Waals surface area contributed by atoms with Crippen molar-refractivity contribution in [2.24, 2.45) is 0 Å². The van der Waals surface area contributed by atoms with E-state index < -0.39 is 16.5 Å². The van der Waals surface area contributed by atoms with Crippen LogP contribution < -0.4 is 0 Å². The molecule has 0 bridgehead atoms. The highest BCUT2D eigenvalue weighted by Crippen LogP contribution is 2.27. The average Bonchev–Trinajstić information content (AvgIpc) is 1.99. The molecule has 0 aliphatic heterocycles. The number of phenolic OH excluding ortho intramolecular Hbond substituents is 1. The fourth-order valence-electron chi connectivity index (χ4n) is 0.658. The maximum atomic E-state index is 12.6. The SMILES string of the molecule is O=[N+]([O-])c1cc(F)c(O)c(I)c1. The van der Waals surface area contributed by atoms with Gasteiger partial charge in [-0.05, 0) is 22.6 Å². The quantitative estimate of drug-likeness (QED) is 0.487. The molecule has 0 amide bonds. The molecule has 0 spiro atoms. The van der Waals surface area contributed by atoms with E-state index in [1.54, 1.807) is 22.6 Å².